The molecule has 1 aliphatic rings. The van der Waals surface area contributed by atoms with Gasteiger partial charge >= 0.3 is 0 Å². The molecule has 1 saturated heterocycles. The van der Waals surface area contributed by atoms with Gasteiger partial charge in [-0.3, -0.25) is 4.79 Å². The molecule has 13 heavy (non-hydrogen) atoms. The average Bonchev–Trinajstić information content (AvgIpc) is 1.96. The van der Waals surface area contributed by atoms with Crippen molar-refractivity contribution < 1.29 is 4.74 Å². The quantitative estimate of drug-likeness (QED) is 0.676. The summed E-state index contributed by atoms with van der Waals surface area (Å²) >= 11 is 0. The van der Waals surface area contributed by atoms with Gasteiger partial charge in [-0.25, -0.2) is 0 Å². The first kappa shape index (κ1) is 8.31. The van der Waals surface area contributed by atoms with Gasteiger partial charge in [0.05, 0.1) is 24.9 Å². The van der Waals surface area contributed by atoms with E-state index in [1.54, 1.807) is 16.8 Å². The van der Waals surface area contributed by atoms with Crippen molar-refractivity contribution in [1.82, 2.24) is 4.57 Å². The summed E-state index contributed by atoms with van der Waals surface area (Å²) < 4.78 is 6.66. The van der Waals surface area contributed by atoms with E-state index in [4.69, 9.17) is 10.5 Å². The maximum atomic E-state index is 11.5. The zero-order valence-corrected chi connectivity index (χ0v) is 7.49. The van der Waals surface area contributed by atoms with Gasteiger partial charge in [-0.1, -0.05) is 0 Å². The van der Waals surface area contributed by atoms with Crippen molar-refractivity contribution in [2.45, 2.75) is 13.0 Å². The van der Waals surface area contributed by atoms with Crippen molar-refractivity contribution in [3.8, 4) is 0 Å². The maximum Gasteiger partial charge on any atom is 0.251 e. The van der Waals surface area contributed by atoms with Crippen molar-refractivity contribution in [2.75, 3.05) is 18.9 Å². The molecule has 0 aromatic carbocycles. The minimum absolute atomic E-state index is 0.000000000000000444. The van der Waals surface area contributed by atoms with Gasteiger partial charge in [0.1, 0.15) is 0 Å². The van der Waals surface area contributed by atoms with Crippen molar-refractivity contribution >= 4 is 5.69 Å². The molecule has 0 spiro atoms. The molecule has 0 saturated carbocycles. The molecule has 2 rings (SSSR count). The first-order valence-corrected chi connectivity index (χ1v) is 4.24. The highest BCUT2D eigenvalue weighted by Gasteiger charge is 2.21. The summed E-state index contributed by atoms with van der Waals surface area (Å²) in [4.78, 5) is 11.5. The SMILES string of the molecule is Cc1cc(=O)n(C2COC2)cc1N. The number of nitrogen functional groups attached to an aromatic ring is 1. The van der Waals surface area contributed by atoms with Gasteiger partial charge in [-0.05, 0) is 12.5 Å². The summed E-state index contributed by atoms with van der Waals surface area (Å²) in [5.74, 6) is 0. The first-order chi connectivity index (χ1) is 6.18. The molecule has 1 fully saturated rings. The van der Waals surface area contributed by atoms with E-state index in [9.17, 15) is 4.79 Å². The lowest BCUT2D eigenvalue weighted by atomic mass is 10.2. The van der Waals surface area contributed by atoms with Gasteiger partial charge in [-0.15, -0.1) is 0 Å². The predicted octanol–water partition coefficient (Wildman–Crippen LogP) is 0.310. The number of nitrogens with zero attached hydrogens (tertiary/aromatic N) is 1. The molecule has 2 N–H and O–H groups in total. The lowest BCUT2D eigenvalue weighted by Gasteiger charge is -2.28. The maximum absolute atomic E-state index is 11.5. The largest absolute Gasteiger partial charge is 0.397 e. The number of anilines is 1. The Hall–Kier alpha value is -1.29. The van der Waals surface area contributed by atoms with Crippen LogP contribution in [0, 0.1) is 6.92 Å². The second kappa shape index (κ2) is 2.88. The summed E-state index contributed by atoms with van der Waals surface area (Å²) in [7, 11) is 0. The molecule has 0 radical (unpaired) electrons. The van der Waals surface area contributed by atoms with Gasteiger partial charge < -0.3 is 15.0 Å². The lowest BCUT2D eigenvalue weighted by Crippen LogP contribution is -2.37. The molecule has 4 nitrogen and oxygen atoms in total. The summed E-state index contributed by atoms with van der Waals surface area (Å²) in [6, 6.07) is 1.74. The molecular formula is C9H12N2O2. The third kappa shape index (κ3) is 1.33. The normalized spacial score (nSPS) is 17.0. The monoisotopic (exact) mass is 180 g/mol. The van der Waals surface area contributed by atoms with Crippen LogP contribution in [0.5, 0.6) is 0 Å². The van der Waals surface area contributed by atoms with Gasteiger partial charge in [-0.2, -0.15) is 0 Å². The molecule has 0 unspecified atom stereocenters. The number of aromatic nitrogens is 1. The number of pyridine rings is 1. The Bertz CT molecular complexity index is 380. The van der Waals surface area contributed by atoms with E-state index in [-0.39, 0.29) is 11.6 Å². The third-order valence-electron chi connectivity index (χ3n) is 2.34. The Morgan fingerprint density at radius 3 is 2.85 bits per heavy atom. The lowest BCUT2D eigenvalue weighted by molar-refractivity contribution is -0.0247. The zero-order chi connectivity index (χ0) is 9.42. The molecule has 4 heteroatoms. The Balaban J connectivity index is 2.45. The van der Waals surface area contributed by atoms with Gasteiger partial charge in [0.15, 0.2) is 0 Å². The highest BCUT2D eigenvalue weighted by molar-refractivity contribution is 5.43. The van der Waals surface area contributed by atoms with Crippen LogP contribution in [0.15, 0.2) is 17.1 Å². The predicted molar refractivity (Wildman–Crippen MR) is 49.7 cm³/mol. The fraction of sp³-hybridized carbons (Fsp3) is 0.444. The Labute approximate surface area is 75.9 Å². The van der Waals surface area contributed by atoms with E-state index in [0.717, 1.165) is 5.56 Å². The summed E-state index contributed by atoms with van der Waals surface area (Å²) in [6.45, 7) is 3.06. The van der Waals surface area contributed by atoms with Crippen LogP contribution < -0.4 is 11.3 Å². The van der Waals surface area contributed by atoms with Crippen LogP contribution in [0.25, 0.3) is 0 Å². The number of nitrogens with two attached hydrogens (primary N) is 1. The van der Waals surface area contributed by atoms with Crippen molar-refractivity contribution in [3.05, 3.63) is 28.2 Å². The van der Waals surface area contributed by atoms with Crippen LogP contribution >= 0.6 is 0 Å². The van der Waals surface area contributed by atoms with Crippen LogP contribution in [-0.2, 0) is 4.74 Å². The molecular weight excluding hydrogens is 168 g/mol. The molecule has 0 amide bonds. The molecule has 70 valence electrons. The van der Waals surface area contributed by atoms with E-state index < -0.39 is 0 Å². The highest BCUT2D eigenvalue weighted by atomic mass is 16.5. The molecule has 0 bridgehead atoms. The Morgan fingerprint density at radius 2 is 2.31 bits per heavy atom. The molecule has 2 heterocycles. The van der Waals surface area contributed by atoms with Crippen LogP contribution in [0.1, 0.15) is 11.6 Å². The fourth-order valence-electron chi connectivity index (χ4n) is 1.33. The van der Waals surface area contributed by atoms with Gasteiger partial charge in [0, 0.05) is 12.3 Å². The van der Waals surface area contributed by atoms with Crippen molar-refractivity contribution in [3.63, 3.8) is 0 Å². The number of rotatable bonds is 1. The molecule has 0 aliphatic carbocycles. The van der Waals surface area contributed by atoms with Crippen LogP contribution in [0.2, 0.25) is 0 Å². The van der Waals surface area contributed by atoms with Crippen LogP contribution in [0.3, 0.4) is 0 Å². The van der Waals surface area contributed by atoms with E-state index >= 15 is 0 Å². The average molecular weight is 180 g/mol. The summed E-state index contributed by atoms with van der Waals surface area (Å²) in [5, 5.41) is 0. The van der Waals surface area contributed by atoms with E-state index in [2.05, 4.69) is 0 Å². The number of ether oxygens (including phenoxy) is 1. The van der Waals surface area contributed by atoms with E-state index in [1.807, 2.05) is 6.92 Å². The van der Waals surface area contributed by atoms with Crippen molar-refractivity contribution in [1.29, 1.82) is 0 Å². The minimum Gasteiger partial charge on any atom is -0.397 e. The topological polar surface area (TPSA) is 57.2 Å². The van der Waals surface area contributed by atoms with E-state index in [0.29, 0.717) is 18.9 Å². The minimum atomic E-state index is 0.000000000000000444. The molecule has 0 atom stereocenters. The molecule has 1 aromatic rings. The smallest absolute Gasteiger partial charge is 0.251 e. The second-order valence-corrected chi connectivity index (χ2v) is 3.35. The van der Waals surface area contributed by atoms with Crippen LogP contribution in [0.4, 0.5) is 5.69 Å². The Morgan fingerprint density at radius 1 is 1.62 bits per heavy atom. The summed E-state index contributed by atoms with van der Waals surface area (Å²) in [5.41, 5.74) is 7.20. The zero-order valence-electron chi connectivity index (χ0n) is 7.49. The summed E-state index contributed by atoms with van der Waals surface area (Å²) in [6.07, 6.45) is 1.70. The van der Waals surface area contributed by atoms with E-state index in [1.165, 1.54) is 0 Å². The standard InChI is InChI=1S/C9H12N2O2/c1-6-2-9(12)11(3-8(6)10)7-4-13-5-7/h2-3,7H,4-5,10H2,1H3. The first-order valence-electron chi connectivity index (χ1n) is 4.24. The fourth-order valence-corrected chi connectivity index (χ4v) is 1.33. The number of aryl methyl sites for hydroxylation is 1. The van der Waals surface area contributed by atoms with Crippen LogP contribution in [-0.4, -0.2) is 17.8 Å². The third-order valence-corrected chi connectivity index (χ3v) is 2.34. The van der Waals surface area contributed by atoms with Crippen molar-refractivity contribution in [2.24, 2.45) is 0 Å². The number of hydrogen-bond donors (Lipinski definition) is 1. The molecule has 1 aromatic heterocycles. The van der Waals surface area contributed by atoms with Gasteiger partial charge in [0.2, 0.25) is 0 Å². The Kier molecular flexibility index (Phi) is 1.84. The highest BCUT2D eigenvalue weighted by Crippen LogP contribution is 2.16. The molecule has 1 aliphatic heterocycles. The van der Waals surface area contributed by atoms with Gasteiger partial charge in [0.25, 0.3) is 5.56 Å². The number of hydrogen-bond acceptors (Lipinski definition) is 3. The second-order valence-electron chi connectivity index (χ2n) is 3.35.